The fourth-order valence-electron chi connectivity index (χ4n) is 2.96. The molecule has 160 valence electrons. The summed E-state index contributed by atoms with van der Waals surface area (Å²) in [5.74, 6) is -0.270. The third kappa shape index (κ3) is 4.51. The molecule has 1 aromatic heterocycles. The van der Waals surface area contributed by atoms with Crippen LogP contribution in [0.5, 0.6) is 0 Å². The molecule has 3 rings (SSSR count). The Bertz CT molecular complexity index is 1210. The lowest BCUT2D eigenvalue weighted by Crippen LogP contribution is -2.30. The molecule has 0 aliphatic heterocycles. The third-order valence-electron chi connectivity index (χ3n) is 4.26. The highest BCUT2D eigenvalue weighted by Crippen LogP contribution is 2.38. The van der Waals surface area contributed by atoms with Gasteiger partial charge in [-0.1, -0.05) is 35.9 Å². The molecule has 0 radical (unpaired) electrons. The normalized spacial score (nSPS) is 12.3. The fraction of sp³-hybridized carbons (Fsp3) is 0.222. The minimum atomic E-state index is -4.62. The Morgan fingerprint density at radius 2 is 1.83 bits per heavy atom. The van der Waals surface area contributed by atoms with E-state index in [9.17, 15) is 26.4 Å². The monoisotopic (exact) mass is 460 g/mol. The molecule has 3 aromatic rings. The molecule has 2 aromatic carbocycles. The summed E-state index contributed by atoms with van der Waals surface area (Å²) in [4.78, 5) is 10.8. The van der Waals surface area contributed by atoms with Gasteiger partial charge in [0.15, 0.2) is 5.82 Å². The highest BCUT2D eigenvalue weighted by Gasteiger charge is 2.33. The maximum Gasteiger partial charge on any atom is 0.408 e. The number of hydrogen-bond donors (Lipinski definition) is 1. The summed E-state index contributed by atoms with van der Waals surface area (Å²) in [5.41, 5.74) is 6.61. The van der Waals surface area contributed by atoms with Crippen LogP contribution in [0.15, 0.2) is 36.4 Å². The molecule has 0 unspecified atom stereocenters. The van der Waals surface area contributed by atoms with Gasteiger partial charge in [-0.25, -0.2) is 12.7 Å². The summed E-state index contributed by atoms with van der Waals surface area (Å²) >= 11 is 6.20. The topological polar surface area (TPSA) is 98.3 Å². The number of halogens is 4. The number of fused-ring (bicyclic) bond motifs is 1. The minimum Gasteiger partial charge on any atom is -0.397 e. The van der Waals surface area contributed by atoms with Crippen LogP contribution >= 0.6 is 11.6 Å². The Morgan fingerprint density at radius 1 is 1.20 bits per heavy atom. The van der Waals surface area contributed by atoms with Crippen LogP contribution in [0.4, 0.5) is 24.7 Å². The smallest absolute Gasteiger partial charge is 0.397 e. The average Bonchev–Trinajstić information content (AvgIpc) is 3.00. The SMILES string of the molecule is CS(=O)(=O)N(Cc1ccc(C=O)cc1)c1nn(CC(F)(F)F)c2c(N)ccc(Cl)c12. The van der Waals surface area contributed by atoms with Gasteiger partial charge in [0.25, 0.3) is 0 Å². The summed E-state index contributed by atoms with van der Waals surface area (Å²) in [5, 5.41) is 3.92. The van der Waals surface area contributed by atoms with Gasteiger partial charge in [-0.2, -0.15) is 18.3 Å². The van der Waals surface area contributed by atoms with Crippen molar-refractivity contribution in [2.75, 3.05) is 16.3 Å². The number of rotatable bonds is 6. The van der Waals surface area contributed by atoms with Crippen molar-refractivity contribution < 1.29 is 26.4 Å². The summed E-state index contributed by atoms with van der Waals surface area (Å²) < 4.78 is 65.7. The van der Waals surface area contributed by atoms with Crippen molar-refractivity contribution >= 4 is 50.3 Å². The van der Waals surface area contributed by atoms with Crippen LogP contribution in [0.25, 0.3) is 10.9 Å². The number of aromatic nitrogens is 2. The zero-order chi connectivity index (χ0) is 22.3. The fourth-order valence-corrected chi connectivity index (χ4v) is 4.03. The van der Waals surface area contributed by atoms with Gasteiger partial charge < -0.3 is 5.73 Å². The summed E-state index contributed by atoms with van der Waals surface area (Å²) in [6, 6.07) is 8.75. The largest absolute Gasteiger partial charge is 0.408 e. The zero-order valence-corrected chi connectivity index (χ0v) is 17.1. The average molecular weight is 461 g/mol. The van der Waals surface area contributed by atoms with Crippen LogP contribution in [0.1, 0.15) is 15.9 Å². The Kier molecular flexibility index (Phi) is 5.70. The first-order valence-corrected chi connectivity index (χ1v) is 10.7. The molecular formula is C18H16ClF3N4O3S. The lowest BCUT2D eigenvalue weighted by Gasteiger charge is -2.20. The number of alkyl halides is 3. The number of nitrogens with two attached hydrogens (primary N) is 1. The Hall–Kier alpha value is -2.79. The number of benzene rings is 2. The van der Waals surface area contributed by atoms with Crippen molar-refractivity contribution in [2.24, 2.45) is 0 Å². The summed E-state index contributed by atoms with van der Waals surface area (Å²) in [6.07, 6.45) is -3.08. The van der Waals surface area contributed by atoms with Gasteiger partial charge in [0.1, 0.15) is 12.8 Å². The molecule has 0 amide bonds. The number of sulfonamides is 1. The van der Waals surface area contributed by atoms with Gasteiger partial charge in [0.2, 0.25) is 10.0 Å². The second-order valence-electron chi connectivity index (χ2n) is 6.59. The molecule has 0 spiro atoms. The predicted octanol–water partition coefficient (Wildman–Crippen LogP) is 3.61. The van der Waals surface area contributed by atoms with Gasteiger partial charge >= 0.3 is 6.18 Å². The lowest BCUT2D eigenvalue weighted by molar-refractivity contribution is -0.141. The Labute approximate surface area is 174 Å². The van der Waals surface area contributed by atoms with Gasteiger partial charge in [0, 0.05) is 5.56 Å². The van der Waals surface area contributed by atoms with Gasteiger partial charge in [-0.15, -0.1) is 0 Å². The van der Waals surface area contributed by atoms with Crippen LogP contribution in [0.3, 0.4) is 0 Å². The van der Waals surface area contributed by atoms with Crippen LogP contribution in [0.2, 0.25) is 5.02 Å². The molecule has 2 N–H and O–H groups in total. The maximum absolute atomic E-state index is 13.1. The number of nitrogen functional groups attached to an aromatic ring is 1. The summed E-state index contributed by atoms with van der Waals surface area (Å²) in [7, 11) is -3.98. The van der Waals surface area contributed by atoms with Crippen molar-refractivity contribution in [1.82, 2.24) is 9.78 Å². The molecule has 0 fully saturated rings. The van der Waals surface area contributed by atoms with E-state index < -0.39 is 22.7 Å². The molecular weight excluding hydrogens is 445 g/mol. The molecule has 0 aliphatic rings. The van der Waals surface area contributed by atoms with E-state index in [1.807, 2.05) is 0 Å². The number of carbonyl (C=O) groups excluding carboxylic acids is 1. The van der Waals surface area contributed by atoms with Gasteiger partial charge in [0.05, 0.1) is 34.4 Å². The van der Waals surface area contributed by atoms with E-state index in [1.54, 1.807) is 0 Å². The van der Waals surface area contributed by atoms with E-state index in [0.717, 1.165) is 10.6 Å². The van der Waals surface area contributed by atoms with E-state index in [0.29, 0.717) is 22.1 Å². The molecule has 0 saturated carbocycles. The molecule has 7 nitrogen and oxygen atoms in total. The molecule has 1 heterocycles. The van der Waals surface area contributed by atoms with E-state index in [-0.39, 0.29) is 34.0 Å². The van der Waals surface area contributed by atoms with Crippen LogP contribution in [-0.2, 0) is 23.1 Å². The van der Waals surface area contributed by atoms with Crippen molar-refractivity contribution in [1.29, 1.82) is 0 Å². The van der Waals surface area contributed by atoms with Crippen molar-refractivity contribution in [2.45, 2.75) is 19.3 Å². The number of hydrogen-bond acceptors (Lipinski definition) is 5. The minimum absolute atomic E-state index is 0.00384. The second-order valence-corrected chi connectivity index (χ2v) is 8.90. The first-order chi connectivity index (χ1) is 13.9. The van der Waals surface area contributed by atoms with E-state index in [2.05, 4.69) is 5.10 Å². The molecule has 0 saturated heterocycles. The van der Waals surface area contributed by atoms with E-state index in [1.165, 1.54) is 36.4 Å². The standard InChI is InChI=1S/C18H16ClF3N4O3S/c1-30(28,29)26(8-11-2-4-12(9-27)5-3-11)17-15-13(19)6-7-14(23)16(15)25(24-17)10-18(20,21)22/h2-7,9H,8,10,23H2,1H3. The highest BCUT2D eigenvalue weighted by molar-refractivity contribution is 7.92. The lowest BCUT2D eigenvalue weighted by atomic mass is 10.1. The highest BCUT2D eigenvalue weighted by atomic mass is 35.5. The first-order valence-electron chi connectivity index (χ1n) is 8.44. The number of aldehydes is 1. The van der Waals surface area contributed by atoms with Crippen LogP contribution < -0.4 is 10.0 Å². The number of anilines is 2. The quantitative estimate of drug-likeness (QED) is 0.447. The second kappa shape index (κ2) is 7.80. The molecule has 12 heteroatoms. The Morgan fingerprint density at radius 3 is 2.37 bits per heavy atom. The first kappa shape index (κ1) is 21.9. The number of nitrogens with zero attached hydrogens (tertiary/aromatic N) is 3. The van der Waals surface area contributed by atoms with Crippen LogP contribution in [-0.4, -0.2) is 36.9 Å². The summed E-state index contributed by atoms with van der Waals surface area (Å²) in [6.45, 7) is -1.71. The number of carbonyl (C=O) groups is 1. The Balaban J connectivity index is 2.21. The van der Waals surface area contributed by atoms with E-state index in [4.69, 9.17) is 17.3 Å². The maximum atomic E-state index is 13.1. The van der Waals surface area contributed by atoms with Crippen molar-refractivity contribution in [3.63, 3.8) is 0 Å². The van der Waals surface area contributed by atoms with Crippen LogP contribution in [0, 0.1) is 0 Å². The van der Waals surface area contributed by atoms with E-state index >= 15 is 0 Å². The third-order valence-corrected chi connectivity index (χ3v) is 5.68. The van der Waals surface area contributed by atoms with Crippen molar-refractivity contribution in [3.8, 4) is 0 Å². The zero-order valence-electron chi connectivity index (χ0n) is 15.5. The molecule has 30 heavy (non-hydrogen) atoms. The van der Waals surface area contributed by atoms with Gasteiger partial charge in [-0.05, 0) is 17.7 Å². The molecule has 0 aliphatic carbocycles. The predicted molar refractivity (Wildman–Crippen MR) is 108 cm³/mol. The van der Waals surface area contributed by atoms with Gasteiger partial charge in [-0.3, -0.25) is 9.48 Å². The van der Waals surface area contributed by atoms with Crippen molar-refractivity contribution in [3.05, 3.63) is 52.5 Å². The molecule has 0 atom stereocenters. The molecule has 0 bridgehead atoms.